The first kappa shape index (κ1) is 41.5. The summed E-state index contributed by atoms with van der Waals surface area (Å²) in [6.45, 7) is 4.79. The highest BCUT2D eigenvalue weighted by Crippen LogP contribution is 2.55. The standard InChI is InChI=1S/C48H55N7O7S/c56-47(52-63(59,60)38-10-12-42(44(28-38)55(57)58)49-19-13-32-15-24-61-25-16-32)41-11-9-35(27-45(41)62-37-26-34-14-20-50-46(34)51-31-37)53-22-17-48(18-23-53)29-36(30-48)54-21-3-6-43(54)40-5-2-1-4-39(40)33-7-8-33/h1-2,4-5,9-12,14,20,26-28,31-33,36,43,49H,3,6-8,13,15-19,21-25,29-30H2,(H,50,51)(H,52,56)/t43-/m0/s1. The molecule has 5 aliphatic rings. The number of H-pyrrole nitrogens is 1. The van der Waals surface area contributed by atoms with E-state index in [1.165, 1.54) is 57.2 Å². The summed E-state index contributed by atoms with van der Waals surface area (Å²) < 4.78 is 41.3. The fraction of sp³-hybridized carbons (Fsp3) is 0.458. The first-order chi connectivity index (χ1) is 30.6. The summed E-state index contributed by atoms with van der Waals surface area (Å²) in [5.74, 6) is 0.827. The van der Waals surface area contributed by atoms with Crippen LogP contribution in [-0.4, -0.2) is 79.6 Å². The van der Waals surface area contributed by atoms with Crippen molar-refractivity contribution in [3.05, 3.63) is 112 Å². The molecule has 10 rings (SSSR count). The van der Waals surface area contributed by atoms with Gasteiger partial charge in [0.15, 0.2) is 0 Å². The van der Waals surface area contributed by atoms with E-state index in [9.17, 15) is 23.3 Å². The van der Waals surface area contributed by atoms with Crippen molar-refractivity contribution in [3.63, 3.8) is 0 Å². The van der Waals surface area contributed by atoms with Crippen LogP contribution < -0.4 is 19.7 Å². The summed E-state index contributed by atoms with van der Waals surface area (Å²) in [5.41, 5.74) is 4.83. The highest BCUT2D eigenvalue weighted by Gasteiger charge is 2.50. The van der Waals surface area contributed by atoms with Crippen molar-refractivity contribution in [3.8, 4) is 11.5 Å². The van der Waals surface area contributed by atoms with Crippen LogP contribution in [-0.2, 0) is 14.8 Å². The van der Waals surface area contributed by atoms with Gasteiger partial charge in [-0.05, 0) is 142 Å². The van der Waals surface area contributed by atoms with Crippen molar-refractivity contribution in [1.29, 1.82) is 0 Å². The molecule has 0 unspecified atom stereocenters. The van der Waals surface area contributed by atoms with Gasteiger partial charge in [-0.15, -0.1) is 0 Å². The number of anilines is 2. The molecule has 3 saturated heterocycles. The number of nitrogens with zero attached hydrogens (tertiary/aromatic N) is 4. The number of fused-ring (bicyclic) bond motifs is 1. The van der Waals surface area contributed by atoms with E-state index in [4.69, 9.17) is 9.47 Å². The maximum Gasteiger partial charge on any atom is 0.293 e. The highest BCUT2D eigenvalue weighted by atomic mass is 32.2. The molecule has 2 aliphatic carbocycles. The zero-order chi connectivity index (χ0) is 43.1. The van der Waals surface area contributed by atoms with Crippen LogP contribution in [0.2, 0.25) is 0 Å². The summed E-state index contributed by atoms with van der Waals surface area (Å²) in [5, 5.41) is 16.0. The first-order valence-electron chi connectivity index (χ1n) is 22.6. The summed E-state index contributed by atoms with van der Waals surface area (Å²) in [6.07, 6.45) is 15.7. The number of amides is 1. The number of aromatic amines is 1. The lowest BCUT2D eigenvalue weighted by molar-refractivity contribution is -0.384. The van der Waals surface area contributed by atoms with Gasteiger partial charge in [0.25, 0.3) is 21.6 Å². The average Bonchev–Trinajstić information content (AvgIpc) is 3.83. The van der Waals surface area contributed by atoms with Crippen LogP contribution in [0.25, 0.3) is 11.0 Å². The largest absolute Gasteiger partial charge is 0.455 e. The molecule has 5 aromatic rings. The molecule has 1 atom stereocenters. The molecule has 5 fully saturated rings. The summed E-state index contributed by atoms with van der Waals surface area (Å²) in [7, 11) is -4.53. The molecule has 0 bridgehead atoms. The van der Waals surface area contributed by atoms with E-state index >= 15 is 0 Å². The number of aromatic nitrogens is 2. The van der Waals surface area contributed by atoms with E-state index in [0.29, 0.717) is 54.6 Å². The molecule has 1 amide bonds. The Kier molecular flexibility index (Phi) is 11.3. The van der Waals surface area contributed by atoms with Gasteiger partial charge in [0, 0.05) is 74.3 Å². The fourth-order valence-corrected chi connectivity index (χ4v) is 11.7. The smallest absolute Gasteiger partial charge is 0.293 e. The highest BCUT2D eigenvalue weighted by molar-refractivity contribution is 7.90. The number of pyridine rings is 1. The monoisotopic (exact) mass is 873 g/mol. The van der Waals surface area contributed by atoms with Crippen molar-refractivity contribution < 1.29 is 27.6 Å². The molecule has 15 heteroatoms. The summed E-state index contributed by atoms with van der Waals surface area (Å²) in [6, 6.07) is 22.8. The van der Waals surface area contributed by atoms with Gasteiger partial charge in [-0.1, -0.05) is 24.3 Å². The van der Waals surface area contributed by atoms with Crippen LogP contribution >= 0.6 is 0 Å². The van der Waals surface area contributed by atoms with Gasteiger partial charge in [-0.25, -0.2) is 18.1 Å². The zero-order valence-corrected chi connectivity index (χ0v) is 36.3. The third kappa shape index (κ3) is 8.75. The molecule has 3 aliphatic heterocycles. The molecular weight excluding hydrogens is 819 g/mol. The predicted octanol–water partition coefficient (Wildman–Crippen LogP) is 9.07. The Morgan fingerprint density at radius 2 is 1.75 bits per heavy atom. The van der Waals surface area contributed by atoms with Gasteiger partial charge in [0.1, 0.15) is 22.8 Å². The maximum absolute atomic E-state index is 14.0. The van der Waals surface area contributed by atoms with E-state index < -0.39 is 31.4 Å². The van der Waals surface area contributed by atoms with E-state index in [-0.39, 0.29) is 17.0 Å². The predicted molar refractivity (Wildman–Crippen MR) is 241 cm³/mol. The third-order valence-corrected chi connectivity index (χ3v) is 15.7. The molecular formula is C48H55N7O7S. The number of ether oxygens (including phenoxy) is 2. The number of carbonyl (C=O) groups is 1. The number of piperidine rings is 1. The SMILES string of the molecule is O=C(NS(=O)(=O)c1ccc(NCCC2CCOCC2)c([N+](=O)[O-])c1)c1ccc(N2CCC3(CC2)CC(N2CCC[C@H]2c2ccccc2C2CC2)C3)cc1Oc1cnc2[nH]ccc2c1. The molecule has 3 N–H and O–H groups in total. The number of benzene rings is 3. The van der Waals surface area contributed by atoms with Crippen molar-refractivity contribution >= 4 is 44.0 Å². The zero-order valence-electron chi connectivity index (χ0n) is 35.5. The molecule has 63 heavy (non-hydrogen) atoms. The van der Waals surface area contributed by atoms with Crippen molar-refractivity contribution in [2.75, 3.05) is 49.6 Å². The quantitative estimate of drug-likeness (QED) is 0.0718. The molecule has 3 aromatic carbocycles. The third-order valence-electron chi connectivity index (χ3n) is 14.4. The van der Waals surface area contributed by atoms with E-state index in [1.54, 1.807) is 41.7 Å². The van der Waals surface area contributed by atoms with E-state index in [2.05, 4.69) is 54.1 Å². The Morgan fingerprint density at radius 3 is 2.52 bits per heavy atom. The number of likely N-dealkylation sites (tertiary alicyclic amines) is 1. The molecule has 5 heterocycles. The molecule has 2 aromatic heterocycles. The van der Waals surface area contributed by atoms with Gasteiger partial charge in [0.2, 0.25) is 0 Å². The van der Waals surface area contributed by atoms with Crippen LogP contribution in [0, 0.1) is 21.4 Å². The number of nitro groups is 1. The Morgan fingerprint density at radius 1 is 0.952 bits per heavy atom. The Balaban J connectivity index is 0.832. The van der Waals surface area contributed by atoms with Gasteiger partial charge >= 0.3 is 0 Å². The lowest BCUT2D eigenvalue weighted by Crippen LogP contribution is -2.54. The number of rotatable bonds is 14. The number of carbonyl (C=O) groups excluding carboxylic acids is 1. The lowest BCUT2D eigenvalue weighted by Gasteiger charge is -2.56. The second-order valence-electron chi connectivity index (χ2n) is 18.4. The van der Waals surface area contributed by atoms with Crippen LogP contribution in [0.15, 0.2) is 90.1 Å². The number of sulfonamides is 1. The van der Waals surface area contributed by atoms with Crippen molar-refractivity contribution in [2.45, 2.75) is 93.5 Å². The lowest BCUT2D eigenvalue weighted by atomic mass is 9.59. The minimum absolute atomic E-state index is 0.00358. The second kappa shape index (κ2) is 17.2. The summed E-state index contributed by atoms with van der Waals surface area (Å²) in [4.78, 5) is 37.7. The number of hydrogen-bond donors (Lipinski definition) is 3. The van der Waals surface area contributed by atoms with Crippen molar-refractivity contribution in [2.24, 2.45) is 11.3 Å². The fourth-order valence-electron chi connectivity index (χ4n) is 10.7. The van der Waals surface area contributed by atoms with E-state index in [0.717, 1.165) is 68.3 Å². The number of hydrogen-bond acceptors (Lipinski definition) is 11. The Labute approximate surface area is 367 Å². The van der Waals surface area contributed by atoms with Gasteiger partial charge < -0.3 is 24.7 Å². The Bertz CT molecular complexity index is 2610. The normalized spacial score (nSPS) is 20.8. The number of nitro benzene ring substituents is 1. The minimum Gasteiger partial charge on any atom is -0.455 e. The van der Waals surface area contributed by atoms with Crippen molar-refractivity contribution in [1.82, 2.24) is 19.6 Å². The second-order valence-corrected chi connectivity index (χ2v) is 20.0. The Hall–Kier alpha value is -5.51. The van der Waals surface area contributed by atoms with Crippen LogP contribution in [0.1, 0.15) is 104 Å². The van der Waals surface area contributed by atoms with Crippen LogP contribution in [0.3, 0.4) is 0 Å². The van der Waals surface area contributed by atoms with Gasteiger partial charge in [-0.3, -0.25) is 19.8 Å². The van der Waals surface area contributed by atoms with Gasteiger partial charge in [-0.2, -0.15) is 0 Å². The average molecular weight is 874 g/mol. The molecule has 1 spiro atoms. The van der Waals surface area contributed by atoms with Crippen LogP contribution in [0.5, 0.6) is 11.5 Å². The number of nitrogens with one attached hydrogen (secondary N) is 3. The van der Waals surface area contributed by atoms with Gasteiger partial charge in [0.05, 0.1) is 21.6 Å². The minimum atomic E-state index is -4.53. The maximum atomic E-state index is 14.0. The topological polar surface area (TPSA) is 172 Å². The molecule has 2 saturated carbocycles. The van der Waals surface area contributed by atoms with E-state index in [1.807, 2.05) is 12.1 Å². The first-order valence-corrected chi connectivity index (χ1v) is 24.1. The molecule has 0 radical (unpaired) electrons. The summed E-state index contributed by atoms with van der Waals surface area (Å²) >= 11 is 0. The molecule has 14 nitrogen and oxygen atoms in total. The molecule has 330 valence electrons. The van der Waals surface area contributed by atoms with Crippen LogP contribution in [0.4, 0.5) is 17.1 Å².